The average molecular weight is 378 g/mol. The highest BCUT2D eigenvalue weighted by Gasteiger charge is 2.27. The number of aromatic nitrogens is 1. The van der Waals surface area contributed by atoms with Crippen molar-refractivity contribution in [3.63, 3.8) is 0 Å². The van der Waals surface area contributed by atoms with Crippen molar-refractivity contribution in [1.82, 2.24) is 9.88 Å². The minimum atomic E-state index is -0.323. The number of benzene rings is 1. The van der Waals surface area contributed by atoms with Gasteiger partial charge in [0.2, 0.25) is 5.91 Å². The Morgan fingerprint density at radius 3 is 2.64 bits per heavy atom. The lowest BCUT2D eigenvalue weighted by atomic mass is 9.89. The van der Waals surface area contributed by atoms with E-state index >= 15 is 0 Å². The number of rotatable bonds is 6. The molecule has 1 heterocycles. The number of hydrogen-bond acceptors (Lipinski definition) is 4. The molecule has 0 radical (unpaired) electrons. The Balaban J connectivity index is 1.96. The third-order valence-electron chi connectivity index (χ3n) is 5.26. The summed E-state index contributed by atoms with van der Waals surface area (Å²) in [5.74, 6) is 0.446. The number of pyridine rings is 1. The zero-order valence-corrected chi connectivity index (χ0v) is 16.9. The van der Waals surface area contributed by atoms with Crippen molar-refractivity contribution in [2.45, 2.75) is 39.5 Å². The zero-order chi connectivity index (χ0) is 20.3. The van der Waals surface area contributed by atoms with Crippen LogP contribution in [0.15, 0.2) is 48.2 Å². The molecule has 0 aliphatic heterocycles. The summed E-state index contributed by atoms with van der Waals surface area (Å²) in [6, 6.07) is 11.8. The largest absolute Gasteiger partial charge is 0.427 e. The van der Waals surface area contributed by atoms with E-state index in [9.17, 15) is 9.59 Å². The number of nitrogens with zero attached hydrogens (tertiary/aromatic N) is 2. The zero-order valence-electron chi connectivity index (χ0n) is 16.9. The molecule has 1 aliphatic rings. The summed E-state index contributed by atoms with van der Waals surface area (Å²) in [6.07, 6.45) is 3.41. The Labute approximate surface area is 166 Å². The monoisotopic (exact) mass is 378 g/mol. The molecule has 5 nitrogen and oxygen atoms in total. The van der Waals surface area contributed by atoms with Crippen molar-refractivity contribution in [2.75, 3.05) is 13.6 Å². The van der Waals surface area contributed by atoms with E-state index in [1.807, 2.05) is 49.6 Å². The van der Waals surface area contributed by atoms with Crippen LogP contribution in [-0.4, -0.2) is 35.4 Å². The molecule has 0 saturated carbocycles. The molecule has 0 bridgehead atoms. The van der Waals surface area contributed by atoms with E-state index in [-0.39, 0.29) is 17.8 Å². The van der Waals surface area contributed by atoms with Crippen molar-refractivity contribution in [1.29, 1.82) is 0 Å². The third kappa shape index (κ3) is 4.30. The molecule has 1 aliphatic carbocycles. The lowest BCUT2D eigenvalue weighted by Crippen LogP contribution is -2.25. The molecule has 3 rings (SSSR count). The SMILES string of the molecule is CC(=O)Oc1ccc2c(c1)CC(CCN(C)C(C)=O)=C2C(C)c1ccccn1. The van der Waals surface area contributed by atoms with Gasteiger partial charge in [-0.05, 0) is 53.8 Å². The van der Waals surface area contributed by atoms with Gasteiger partial charge in [-0.15, -0.1) is 0 Å². The van der Waals surface area contributed by atoms with Crippen LogP contribution in [0.25, 0.3) is 5.57 Å². The molecular weight excluding hydrogens is 352 g/mol. The van der Waals surface area contributed by atoms with Crippen LogP contribution in [0, 0.1) is 0 Å². The summed E-state index contributed by atoms with van der Waals surface area (Å²) < 4.78 is 5.26. The standard InChI is InChI=1S/C23H26N2O3/c1-15(22-7-5-6-11-24-22)23-18(10-12-25(4)16(2)26)13-19-14-20(28-17(3)27)8-9-21(19)23/h5-9,11,14-15H,10,12-13H2,1-4H3. The normalized spacial score (nSPS) is 13.9. The topological polar surface area (TPSA) is 59.5 Å². The van der Waals surface area contributed by atoms with Crippen LogP contribution in [0.3, 0.4) is 0 Å². The van der Waals surface area contributed by atoms with E-state index in [4.69, 9.17) is 4.74 Å². The molecule has 28 heavy (non-hydrogen) atoms. The van der Waals surface area contributed by atoms with Crippen molar-refractivity contribution >= 4 is 17.4 Å². The highest BCUT2D eigenvalue weighted by atomic mass is 16.5. The maximum atomic E-state index is 11.6. The number of amides is 1. The fourth-order valence-electron chi connectivity index (χ4n) is 3.73. The molecule has 1 atom stereocenters. The Morgan fingerprint density at radius 2 is 2.00 bits per heavy atom. The maximum absolute atomic E-state index is 11.6. The van der Waals surface area contributed by atoms with E-state index in [1.165, 1.54) is 23.6 Å². The van der Waals surface area contributed by atoms with Crippen LogP contribution in [0.4, 0.5) is 0 Å². The first kappa shape index (κ1) is 19.8. The maximum Gasteiger partial charge on any atom is 0.308 e. The fourth-order valence-corrected chi connectivity index (χ4v) is 3.73. The lowest BCUT2D eigenvalue weighted by molar-refractivity contribution is -0.132. The summed E-state index contributed by atoms with van der Waals surface area (Å²) in [5, 5.41) is 0. The van der Waals surface area contributed by atoms with Gasteiger partial charge in [-0.25, -0.2) is 0 Å². The van der Waals surface area contributed by atoms with Crippen LogP contribution in [-0.2, 0) is 16.0 Å². The van der Waals surface area contributed by atoms with Gasteiger partial charge < -0.3 is 9.64 Å². The Kier molecular flexibility index (Phi) is 5.93. The van der Waals surface area contributed by atoms with E-state index in [0.717, 1.165) is 24.1 Å². The fraction of sp³-hybridized carbons (Fsp3) is 0.348. The molecular formula is C23H26N2O3. The van der Waals surface area contributed by atoms with Gasteiger partial charge in [0.15, 0.2) is 0 Å². The molecule has 1 aromatic carbocycles. The van der Waals surface area contributed by atoms with E-state index in [0.29, 0.717) is 12.3 Å². The molecule has 5 heteroatoms. The van der Waals surface area contributed by atoms with Gasteiger partial charge in [0.1, 0.15) is 5.75 Å². The Bertz CT molecular complexity index is 919. The molecule has 0 N–H and O–H groups in total. The first-order chi connectivity index (χ1) is 13.4. The van der Waals surface area contributed by atoms with E-state index < -0.39 is 0 Å². The second kappa shape index (κ2) is 8.38. The summed E-state index contributed by atoms with van der Waals surface area (Å²) in [4.78, 5) is 29.2. The van der Waals surface area contributed by atoms with Crippen LogP contribution in [0.1, 0.15) is 49.9 Å². The number of hydrogen-bond donors (Lipinski definition) is 0. The van der Waals surface area contributed by atoms with Crippen LogP contribution < -0.4 is 4.74 Å². The van der Waals surface area contributed by atoms with Crippen LogP contribution in [0.2, 0.25) is 0 Å². The number of ether oxygens (including phenoxy) is 1. The number of esters is 1. The van der Waals surface area contributed by atoms with Gasteiger partial charge in [0, 0.05) is 45.2 Å². The van der Waals surface area contributed by atoms with Gasteiger partial charge in [-0.2, -0.15) is 0 Å². The van der Waals surface area contributed by atoms with Crippen molar-refractivity contribution in [3.8, 4) is 5.75 Å². The number of allylic oxidation sites excluding steroid dienone is 1. The van der Waals surface area contributed by atoms with Gasteiger partial charge >= 0.3 is 5.97 Å². The second-order valence-corrected chi connectivity index (χ2v) is 7.27. The van der Waals surface area contributed by atoms with Crippen molar-refractivity contribution < 1.29 is 14.3 Å². The highest BCUT2D eigenvalue weighted by Crippen LogP contribution is 2.43. The predicted octanol–water partition coefficient (Wildman–Crippen LogP) is 3.99. The van der Waals surface area contributed by atoms with Crippen molar-refractivity contribution in [3.05, 3.63) is 65.0 Å². The molecule has 146 valence electrons. The molecule has 2 aromatic rings. The van der Waals surface area contributed by atoms with Gasteiger partial charge in [-0.1, -0.05) is 24.6 Å². The summed E-state index contributed by atoms with van der Waals surface area (Å²) >= 11 is 0. The highest BCUT2D eigenvalue weighted by molar-refractivity contribution is 5.81. The summed E-state index contributed by atoms with van der Waals surface area (Å²) in [6.45, 7) is 5.83. The minimum Gasteiger partial charge on any atom is -0.427 e. The lowest BCUT2D eigenvalue weighted by Gasteiger charge is -2.19. The summed E-state index contributed by atoms with van der Waals surface area (Å²) in [5.41, 5.74) is 5.92. The smallest absolute Gasteiger partial charge is 0.308 e. The first-order valence-electron chi connectivity index (χ1n) is 9.53. The average Bonchev–Trinajstić information content (AvgIpc) is 3.03. The first-order valence-corrected chi connectivity index (χ1v) is 9.53. The molecule has 0 saturated heterocycles. The van der Waals surface area contributed by atoms with E-state index in [2.05, 4.69) is 11.9 Å². The predicted molar refractivity (Wildman–Crippen MR) is 109 cm³/mol. The number of carbonyl (C=O) groups is 2. The molecule has 1 aromatic heterocycles. The number of carbonyl (C=O) groups excluding carboxylic acids is 2. The third-order valence-corrected chi connectivity index (χ3v) is 5.26. The molecule has 0 spiro atoms. The Hall–Kier alpha value is -2.95. The van der Waals surface area contributed by atoms with Gasteiger partial charge in [0.05, 0.1) is 0 Å². The van der Waals surface area contributed by atoms with Crippen molar-refractivity contribution in [2.24, 2.45) is 0 Å². The summed E-state index contributed by atoms with van der Waals surface area (Å²) in [7, 11) is 1.83. The van der Waals surface area contributed by atoms with Gasteiger partial charge in [-0.3, -0.25) is 14.6 Å². The molecule has 0 fully saturated rings. The minimum absolute atomic E-state index is 0.0626. The van der Waals surface area contributed by atoms with E-state index in [1.54, 1.807) is 11.8 Å². The Morgan fingerprint density at radius 1 is 1.21 bits per heavy atom. The number of fused-ring (bicyclic) bond motifs is 1. The van der Waals surface area contributed by atoms with Crippen LogP contribution in [0.5, 0.6) is 5.75 Å². The molecule has 1 amide bonds. The second-order valence-electron chi connectivity index (χ2n) is 7.27. The molecule has 1 unspecified atom stereocenters. The van der Waals surface area contributed by atoms with Gasteiger partial charge in [0.25, 0.3) is 0 Å². The quantitative estimate of drug-likeness (QED) is 0.563. The van der Waals surface area contributed by atoms with Crippen LogP contribution >= 0.6 is 0 Å².